The van der Waals surface area contributed by atoms with Gasteiger partial charge in [0, 0.05) is 5.97 Å². The summed E-state index contributed by atoms with van der Waals surface area (Å²) in [5, 5.41) is 21.0. The Kier molecular flexibility index (Phi) is 26.4. The summed E-state index contributed by atoms with van der Waals surface area (Å²) in [4.78, 5) is 10.2. The van der Waals surface area contributed by atoms with Crippen LogP contribution in [0.1, 0.15) is 38.5 Å². The second-order valence-corrected chi connectivity index (χ2v) is 4.21. The van der Waals surface area contributed by atoms with Crippen LogP contribution in [-0.2, 0) is 4.79 Å². The molecule has 0 atom stereocenters. The molecule has 0 aliphatic rings. The molecule has 1 aromatic rings. The summed E-state index contributed by atoms with van der Waals surface area (Å²) in [5.41, 5.74) is 0. The van der Waals surface area contributed by atoms with Gasteiger partial charge in [-0.3, -0.25) is 0 Å². The van der Waals surface area contributed by atoms with Gasteiger partial charge in [-0.1, -0.05) is 31.4 Å². The van der Waals surface area contributed by atoms with E-state index in [2.05, 4.69) is 0 Å². The van der Waals surface area contributed by atoms with E-state index in [1.54, 1.807) is 12.1 Å². The molecule has 0 fully saturated rings. The number of carboxylic acids is 1. The van der Waals surface area contributed by atoms with Crippen molar-refractivity contribution in [1.82, 2.24) is 0 Å². The van der Waals surface area contributed by atoms with Gasteiger partial charge in [0.05, 0.1) is 6.61 Å². The van der Waals surface area contributed by atoms with Crippen LogP contribution in [0.15, 0.2) is 24.3 Å². The molecule has 0 spiro atoms. The minimum Gasteiger partial charge on any atom is -0.872 e. The van der Waals surface area contributed by atoms with E-state index in [0.29, 0.717) is 18.8 Å². The Morgan fingerprint density at radius 1 is 0.909 bits per heavy atom. The third-order valence-corrected chi connectivity index (χ3v) is 2.62. The Hall–Kier alpha value is 0.210. The number of unbranched alkanes of at least 4 members (excludes halogenated alkanes) is 4. The third-order valence-electron chi connectivity index (χ3n) is 2.62. The monoisotopic (exact) mass is 332 g/mol. The molecule has 0 saturated heterocycles. The number of benzene rings is 1. The summed E-state index contributed by atoms with van der Waals surface area (Å²) >= 11 is 0. The molecule has 0 aliphatic carbocycles. The molecular formula is C14H22Na2O6. The molecule has 0 aromatic heterocycles. The Labute approximate surface area is 175 Å². The van der Waals surface area contributed by atoms with Crippen molar-refractivity contribution in [2.75, 3.05) is 6.61 Å². The molecule has 0 heterocycles. The third kappa shape index (κ3) is 16.6. The van der Waals surface area contributed by atoms with Crippen LogP contribution in [0.5, 0.6) is 11.5 Å². The van der Waals surface area contributed by atoms with Gasteiger partial charge in [-0.05, 0) is 31.4 Å². The van der Waals surface area contributed by atoms with Gasteiger partial charge in [0.25, 0.3) is 0 Å². The number of ether oxygens (including phenoxy) is 1. The fourth-order valence-corrected chi connectivity index (χ4v) is 1.63. The topological polar surface area (TPSA) is 135 Å². The van der Waals surface area contributed by atoms with Crippen molar-refractivity contribution in [2.24, 2.45) is 0 Å². The van der Waals surface area contributed by atoms with Crippen LogP contribution in [0.2, 0.25) is 0 Å². The molecule has 0 saturated carbocycles. The van der Waals surface area contributed by atoms with Gasteiger partial charge < -0.3 is 30.7 Å². The van der Waals surface area contributed by atoms with Crippen molar-refractivity contribution >= 4 is 5.97 Å². The van der Waals surface area contributed by atoms with Gasteiger partial charge in [0.2, 0.25) is 0 Å². The fourth-order valence-electron chi connectivity index (χ4n) is 1.63. The van der Waals surface area contributed by atoms with Crippen LogP contribution in [0.4, 0.5) is 0 Å². The van der Waals surface area contributed by atoms with E-state index in [1.165, 1.54) is 12.1 Å². The summed E-state index contributed by atoms with van der Waals surface area (Å²) in [6, 6.07) is 6.30. The maximum absolute atomic E-state index is 10.8. The Balaban J connectivity index is -0.000000405. The van der Waals surface area contributed by atoms with Crippen molar-refractivity contribution in [3.8, 4) is 11.5 Å². The molecule has 1 aromatic carbocycles. The Morgan fingerprint density at radius 2 is 1.41 bits per heavy atom. The standard InChI is InChI=1S/C14H20O4.2Na.2H2O/c15-12-7-9-13(10-8-12)18-11-5-3-1-2-4-6-14(16)17;;;;/h7-10,15H,1-6,11H2,(H,16,17);;;2*1H2/q;2*+1;;/p-2. The first kappa shape index (κ1) is 30.1. The molecule has 22 heavy (non-hydrogen) atoms. The van der Waals surface area contributed by atoms with Crippen molar-refractivity contribution < 1.29 is 89.8 Å². The number of carbonyl (C=O) groups excluding carboxylic acids is 1. The van der Waals surface area contributed by atoms with E-state index in [0.717, 1.165) is 25.7 Å². The zero-order chi connectivity index (χ0) is 13.2. The number of hydrogen-bond donors (Lipinski definition) is 0. The molecule has 0 aliphatic heterocycles. The summed E-state index contributed by atoms with van der Waals surface area (Å²) in [7, 11) is 0. The SMILES string of the molecule is O.O.O=C([O-])CCCCCCCOc1ccc([O-])cc1.[Na+].[Na+]. The fraction of sp³-hybridized carbons (Fsp3) is 0.500. The predicted molar refractivity (Wildman–Crippen MR) is 71.3 cm³/mol. The van der Waals surface area contributed by atoms with Crippen LogP contribution in [0.25, 0.3) is 0 Å². The molecule has 0 bridgehead atoms. The average molecular weight is 332 g/mol. The summed E-state index contributed by atoms with van der Waals surface area (Å²) < 4.78 is 5.46. The van der Waals surface area contributed by atoms with Crippen LogP contribution in [-0.4, -0.2) is 23.5 Å². The van der Waals surface area contributed by atoms with Gasteiger partial charge in [0.15, 0.2) is 0 Å². The van der Waals surface area contributed by atoms with Crippen molar-refractivity contribution in [3.63, 3.8) is 0 Å². The van der Waals surface area contributed by atoms with Crippen LogP contribution >= 0.6 is 0 Å². The smallest absolute Gasteiger partial charge is 0.872 e. The van der Waals surface area contributed by atoms with E-state index in [1.807, 2.05) is 0 Å². The van der Waals surface area contributed by atoms with Crippen molar-refractivity contribution in [2.45, 2.75) is 38.5 Å². The van der Waals surface area contributed by atoms with E-state index >= 15 is 0 Å². The molecular weight excluding hydrogens is 310 g/mol. The Bertz CT molecular complexity index is 359. The van der Waals surface area contributed by atoms with E-state index in [4.69, 9.17) is 4.74 Å². The van der Waals surface area contributed by atoms with Gasteiger partial charge in [-0.15, -0.1) is 5.75 Å². The van der Waals surface area contributed by atoms with E-state index in [-0.39, 0.29) is 82.2 Å². The molecule has 0 amide bonds. The molecule has 1 rings (SSSR count). The zero-order valence-corrected chi connectivity index (χ0v) is 17.4. The summed E-state index contributed by atoms with van der Waals surface area (Å²) in [6.07, 6.45) is 4.72. The first-order valence-electron chi connectivity index (χ1n) is 6.28. The average Bonchev–Trinajstić information content (AvgIpc) is 2.34. The number of carboxylic acid groups (broad SMARTS) is 1. The second-order valence-electron chi connectivity index (χ2n) is 4.21. The van der Waals surface area contributed by atoms with Crippen LogP contribution < -0.4 is 74.1 Å². The number of hydrogen-bond acceptors (Lipinski definition) is 4. The number of carbonyl (C=O) groups is 1. The molecule has 6 nitrogen and oxygen atoms in total. The van der Waals surface area contributed by atoms with Crippen molar-refractivity contribution in [1.29, 1.82) is 0 Å². The minimum atomic E-state index is -0.972. The van der Waals surface area contributed by atoms with E-state index < -0.39 is 5.97 Å². The Morgan fingerprint density at radius 3 is 1.95 bits per heavy atom. The van der Waals surface area contributed by atoms with Gasteiger partial charge >= 0.3 is 59.1 Å². The summed E-state index contributed by atoms with van der Waals surface area (Å²) in [5.74, 6) is -0.276. The molecule has 116 valence electrons. The van der Waals surface area contributed by atoms with Crippen molar-refractivity contribution in [3.05, 3.63) is 24.3 Å². The molecule has 0 radical (unpaired) electrons. The van der Waals surface area contributed by atoms with E-state index in [9.17, 15) is 15.0 Å². The largest absolute Gasteiger partial charge is 1.00 e. The first-order valence-corrected chi connectivity index (χ1v) is 6.28. The number of rotatable bonds is 9. The van der Waals surface area contributed by atoms with Gasteiger partial charge in [-0.2, -0.15) is 0 Å². The number of aliphatic carboxylic acids is 1. The zero-order valence-electron chi connectivity index (χ0n) is 13.4. The quantitative estimate of drug-likeness (QED) is 0.328. The van der Waals surface area contributed by atoms with Gasteiger partial charge in [-0.25, -0.2) is 0 Å². The molecule has 8 heteroatoms. The first-order chi connectivity index (χ1) is 8.68. The predicted octanol–water partition coefficient (Wildman–Crippen LogP) is -6.41. The summed E-state index contributed by atoms with van der Waals surface area (Å²) in [6.45, 7) is 0.624. The molecule has 0 unspecified atom stereocenters. The van der Waals surface area contributed by atoms with Crippen LogP contribution in [0.3, 0.4) is 0 Å². The maximum Gasteiger partial charge on any atom is 1.00 e. The van der Waals surface area contributed by atoms with Gasteiger partial charge in [0.1, 0.15) is 5.75 Å². The second kappa shape index (κ2) is 19.3. The normalized spacial score (nSPS) is 8.36. The minimum absolute atomic E-state index is 0. The maximum atomic E-state index is 10.8. The molecule has 4 N–H and O–H groups in total. The van der Waals surface area contributed by atoms with Crippen LogP contribution in [0, 0.1) is 0 Å².